The van der Waals surface area contributed by atoms with Gasteiger partial charge < -0.3 is 5.32 Å². The number of sulfonamides is 1. The van der Waals surface area contributed by atoms with E-state index in [-0.39, 0.29) is 27.1 Å². The van der Waals surface area contributed by atoms with Crippen LogP contribution in [0.3, 0.4) is 0 Å². The molecule has 3 aromatic rings. The van der Waals surface area contributed by atoms with E-state index in [2.05, 4.69) is 10.0 Å². The van der Waals surface area contributed by atoms with Gasteiger partial charge in [-0.3, -0.25) is 9.52 Å². The summed E-state index contributed by atoms with van der Waals surface area (Å²) in [5.41, 5.74) is 2.27. The molecule has 0 saturated carbocycles. The van der Waals surface area contributed by atoms with E-state index in [4.69, 9.17) is 11.6 Å². The molecule has 2 N–H and O–H groups in total. The Hall–Kier alpha value is -2.83. The molecule has 144 valence electrons. The van der Waals surface area contributed by atoms with Gasteiger partial charge in [0.05, 0.1) is 21.2 Å². The minimum atomic E-state index is -3.73. The van der Waals surface area contributed by atoms with Crippen LogP contribution in [-0.4, -0.2) is 14.3 Å². The molecule has 3 rings (SSSR count). The minimum Gasteiger partial charge on any atom is -0.322 e. The van der Waals surface area contributed by atoms with Crippen molar-refractivity contribution in [3.05, 3.63) is 88.9 Å². The monoisotopic (exact) mass is 414 g/mol. The van der Waals surface area contributed by atoms with E-state index in [9.17, 15) is 13.2 Å². The van der Waals surface area contributed by atoms with Crippen LogP contribution in [0, 0.1) is 0 Å². The number of halogens is 1. The predicted molar refractivity (Wildman–Crippen MR) is 112 cm³/mol. The average Bonchev–Trinajstić information content (AvgIpc) is 2.69. The highest BCUT2D eigenvalue weighted by Crippen LogP contribution is 2.25. The van der Waals surface area contributed by atoms with E-state index in [0.29, 0.717) is 0 Å². The third-order valence-corrected chi connectivity index (χ3v) is 5.88. The summed E-state index contributed by atoms with van der Waals surface area (Å²) in [4.78, 5) is 12.7. The van der Waals surface area contributed by atoms with E-state index in [1.807, 2.05) is 31.2 Å². The van der Waals surface area contributed by atoms with Gasteiger partial charge in [0.25, 0.3) is 15.9 Å². The lowest BCUT2D eigenvalue weighted by molar-refractivity contribution is 0.102. The molecule has 3 aromatic carbocycles. The first-order valence-corrected chi connectivity index (χ1v) is 10.5. The molecule has 0 atom stereocenters. The Morgan fingerprint density at radius 2 is 1.64 bits per heavy atom. The molecule has 28 heavy (non-hydrogen) atoms. The normalized spacial score (nSPS) is 11.1. The van der Waals surface area contributed by atoms with Crippen molar-refractivity contribution in [3.63, 3.8) is 0 Å². The van der Waals surface area contributed by atoms with Gasteiger partial charge in [-0.15, -0.1) is 0 Å². The fourth-order valence-corrected chi connectivity index (χ4v) is 4.05. The van der Waals surface area contributed by atoms with E-state index >= 15 is 0 Å². The zero-order valence-electron chi connectivity index (χ0n) is 15.1. The number of carbonyl (C=O) groups is 1. The van der Waals surface area contributed by atoms with E-state index in [1.54, 1.807) is 18.2 Å². The van der Waals surface area contributed by atoms with Crippen molar-refractivity contribution in [2.24, 2.45) is 0 Å². The number of para-hydroxylation sites is 1. The lowest BCUT2D eigenvalue weighted by Gasteiger charge is -2.12. The maximum atomic E-state index is 12.6. The summed E-state index contributed by atoms with van der Waals surface area (Å²) < 4.78 is 27.3. The molecule has 0 fully saturated rings. The number of hydrogen-bond acceptors (Lipinski definition) is 3. The molecule has 0 heterocycles. The Bertz CT molecular complexity index is 1100. The molecular weight excluding hydrogens is 396 g/mol. The summed E-state index contributed by atoms with van der Waals surface area (Å²) in [5, 5.41) is 3.00. The molecule has 1 amide bonds. The Labute approximate surface area is 169 Å². The van der Waals surface area contributed by atoms with Gasteiger partial charge >= 0.3 is 0 Å². The molecule has 0 spiro atoms. The molecular formula is C21H19ClN2O3S. The average molecular weight is 415 g/mol. The standard InChI is InChI=1S/C21H19ClN2O3S/c1-2-15-8-6-7-11-20(15)23-21(25)18-13-12-16(14-19(18)22)24-28(26,27)17-9-4-3-5-10-17/h3-14,24H,2H2,1H3,(H,23,25). The van der Waals surface area contributed by atoms with E-state index in [0.717, 1.165) is 17.7 Å². The predicted octanol–water partition coefficient (Wildman–Crippen LogP) is 4.96. The Morgan fingerprint density at radius 3 is 2.32 bits per heavy atom. The molecule has 0 aliphatic carbocycles. The van der Waals surface area contributed by atoms with Crippen LogP contribution in [0.4, 0.5) is 11.4 Å². The van der Waals surface area contributed by atoms with Gasteiger partial charge in [0.15, 0.2) is 0 Å². The third kappa shape index (κ3) is 4.52. The molecule has 7 heteroatoms. The highest BCUT2D eigenvalue weighted by Gasteiger charge is 2.16. The first kappa shape index (κ1) is 19.9. The van der Waals surface area contributed by atoms with Crippen molar-refractivity contribution >= 4 is 38.9 Å². The minimum absolute atomic E-state index is 0.143. The maximum Gasteiger partial charge on any atom is 0.261 e. The summed E-state index contributed by atoms with van der Waals surface area (Å²) in [5.74, 6) is -0.358. The highest BCUT2D eigenvalue weighted by molar-refractivity contribution is 7.92. The summed E-state index contributed by atoms with van der Waals surface area (Å²) in [7, 11) is -3.73. The van der Waals surface area contributed by atoms with Crippen molar-refractivity contribution in [3.8, 4) is 0 Å². The van der Waals surface area contributed by atoms with Crippen LogP contribution in [0.1, 0.15) is 22.8 Å². The van der Waals surface area contributed by atoms with Crippen molar-refractivity contribution in [2.45, 2.75) is 18.2 Å². The van der Waals surface area contributed by atoms with Gasteiger partial charge in [-0.05, 0) is 48.4 Å². The van der Waals surface area contributed by atoms with Crippen LogP contribution in [0.5, 0.6) is 0 Å². The van der Waals surface area contributed by atoms with Crippen molar-refractivity contribution < 1.29 is 13.2 Å². The first-order valence-electron chi connectivity index (χ1n) is 8.67. The summed E-state index contributed by atoms with van der Waals surface area (Å²) >= 11 is 6.24. The van der Waals surface area contributed by atoms with Gasteiger partial charge in [0.2, 0.25) is 0 Å². The zero-order chi connectivity index (χ0) is 20.1. The van der Waals surface area contributed by atoms with E-state index < -0.39 is 10.0 Å². The molecule has 0 unspecified atom stereocenters. The van der Waals surface area contributed by atoms with E-state index in [1.165, 1.54) is 30.3 Å². The second-order valence-corrected chi connectivity index (χ2v) is 8.17. The topological polar surface area (TPSA) is 75.3 Å². The second kappa shape index (κ2) is 8.46. The zero-order valence-corrected chi connectivity index (χ0v) is 16.7. The second-order valence-electron chi connectivity index (χ2n) is 6.08. The Kier molecular flexibility index (Phi) is 6.02. The number of anilines is 2. The molecule has 0 aliphatic rings. The summed E-state index contributed by atoms with van der Waals surface area (Å²) in [6, 6.07) is 20.0. The number of amides is 1. The molecule has 5 nitrogen and oxygen atoms in total. The van der Waals surface area contributed by atoms with Gasteiger partial charge in [-0.1, -0.05) is 54.9 Å². The number of aryl methyl sites for hydroxylation is 1. The maximum absolute atomic E-state index is 12.6. The Balaban J connectivity index is 1.80. The number of benzene rings is 3. The SMILES string of the molecule is CCc1ccccc1NC(=O)c1ccc(NS(=O)(=O)c2ccccc2)cc1Cl. The Morgan fingerprint density at radius 1 is 0.964 bits per heavy atom. The summed E-state index contributed by atoms with van der Waals surface area (Å²) in [6.45, 7) is 2.01. The molecule has 0 bridgehead atoms. The van der Waals surface area contributed by atoms with Crippen LogP contribution in [0.2, 0.25) is 5.02 Å². The van der Waals surface area contributed by atoms with Gasteiger partial charge in [0.1, 0.15) is 0 Å². The van der Waals surface area contributed by atoms with Crippen LogP contribution >= 0.6 is 11.6 Å². The van der Waals surface area contributed by atoms with Crippen LogP contribution < -0.4 is 10.0 Å². The molecule has 0 radical (unpaired) electrons. The van der Waals surface area contributed by atoms with Crippen molar-refractivity contribution in [1.29, 1.82) is 0 Å². The van der Waals surface area contributed by atoms with Crippen molar-refractivity contribution in [2.75, 3.05) is 10.0 Å². The van der Waals surface area contributed by atoms with Gasteiger partial charge in [-0.2, -0.15) is 0 Å². The van der Waals surface area contributed by atoms with Crippen LogP contribution in [0.15, 0.2) is 77.7 Å². The third-order valence-electron chi connectivity index (χ3n) is 4.17. The molecule has 0 aromatic heterocycles. The fraction of sp³-hybridized carbons (Fsp3) is 0.0952. The first-order chi connectivity index (χ1) is 13.4. The molecule has 0 saturated heterocycles. The summed E-state index contributed by atoms with van der Waals surface area (Å²) in [6.07, 6.45) is 0.782. The fourth-order valence-electron chi connectivity index (χ4n) is 2.72. The van der Waals surface area contributed by atoms with Gasteiger partial charge in [-0.25, -0.2) is 8.42 Å². The lowest BCUT2D eigenvalue weighted by Crippen LogP contribution is -2.15. The van der Waals surface area contributed by atoms with Crippen LogP contribution in [0.25, 0.3) is 0 Å². The lowest BCUT2D eigenvalue weighted by atomic mass is 10.1. The largest absolute Gasteiger partial charge is 0.322 e. The number of hydrogen-bond donors (Lipinski definition) is 2. The van der Waals surface area contributed by atoms with Crippen LogP contribution in [-0.2, 0) is 16.4 Å². The quantitative estimate of drug-likeness (QED) is 0.598. The smallest absolute Gasteiger partial charge is 0.261 e. The van der Waals surface area contributed by atoms with Crippen molar-refractivity contribution in [1.82, 2.24) is 0 Å². The number of nitrogens with one attached hydrogen (secondary N) is 2. The molecule has 0 aliphatic heterocycles. The number of rotatable bonds is 6. The highest BCUT2D eigenvalue weighted by atomic mass is 35.5. The number of carbonyl (C=O) groups excluding carboxylic acids is 1. The van der Waals surface area contributed by atoms with Gasteiger partial charge in [0, 0.05) is 5.69 Å².